The zero-order valence-electron chi connectivity index (χ0n) is 17.8. The fourth-order valence-corrected chi connectivity index (χ4v) is 4.17. The van der Waals surface area contributed by atoms with Crippen LogP contribution in [0.1, 0.15) is 41.5 Å². The SMILES string of the molecule is CN(Cc1cc(C(F)(F)F)cc(C(F)(F)F)c1)C(=O)CC1(c2ccc(F)cc2)CCNCC1. The zero-order chi connectivity index (χ0) is 24.4. The highest BCUT2D eigenvalue weighted by Gasteiger charge is 2.38. The molecule has 3 nitrogen and oxygen atoms in total. The largest absolute Gasteiger partial charge is 0.416 e. The molecule has 0 bridgehead atoms. The summed E-state index contributed by atoms with van der Waals surface area (Å²) < 4.78 is 92.2. The summed E-state index contributed by atoms with van der Waals surface area (Å²) in [6, 6.07) is 7.12. The molecule has 0 unspecified atom stereocenters. The molecule has 3 rings (SSSR count). The smallest absolute Gasteiger partial charge is 0.341 e. The minimum atomic E-state index is -4.96. The number of carbonyl (C=O) groups is 1. The van der Waals surface area contributed by atoms with Gasteiger partial charge in [0.05, 0.1) is 11.1 Å². The average Bonchev–Trinajstić information content (AvgIpc) is 2.73. The highest BCUT2D eigenvalue weighted by atomic mass is 19.4. The van der Waals surface area contributed by atoms with E-state index in [1.54, 1.807) is 12.1 Å². The second-order valence-electron chi connectivity index (χ2n) is 8.38. The van der Waals surface area contributed by atoms with Gasteiger partial charge in [-0.25, -0.2) is 4.39 Å². The number of alkyl halides is 6. The Kier molecular flexibility index (Phi) is 7.07. The first kappa shape index (κ1) is 25.0. The van der Waals surface area contributed by atoms with Crippen molar-refractivity contribution in [3.05, 3.63) is 70.5 Å². The van der Waals surface area contributed by atoms with E-state index < -0.39 is 47.2 Å². The number of hydrogen-bond donors (Lipinski definition) is 1. The van der Waals surface area contributed by atoms with Crippen LogP contribution in [0.4, 0.5) is 30.7 Å². The van der Waals surface area contributed by atoms with E-state index in [0.717, 1.165) is 10.5 Å². The third-order valence-electron chi connectivity index (χ3n) is 6.00. The first-order valence-electron chi connectivity index (χ1n) is 10.3. The van der Waals surface area contributed by atoms with Gasteiger partial charge in [0.25, 0.3) is 0 Å². The Bertz CT molecular complexity index is 946. The minimum Gasteiger partial charge on any atom is -0.341 e. The molecule has 0 radical (unpaired) electrons. The van der Waals surface area contributed by atoms with Crippen LogP contribution in [0.3, 0.4) is 0 Å². The molecule has 1 amide bonds. The fraction of sp³-hybridized carbons (Fsp3) is 0.435. The van der Waals surface area contributed by atoms with Crippen molar-refractivity contribution in [2.24, 2.45) is 0 Å². The highest BCUT2D eigenvalue weighted by molar-refractivity contribution is 5.77. The Morgan fingerprint density at radius 3 is 1.94 bits per heavy atom. The first-order chi connectivity index (χ1) is 15.3. The van der Waals surface area contributed by atoms with Crippen molar-refractivity contribution in [1.29, 1.82) is 0 Å². The molecule has 1 saturated heterocycles. The van der Waals surface area contributed by atoms with E-state index in [1.165, 1.54) is 19.2 Å². The molecule has 33 heavy (non-hydrogen) atoms. The highest BCUT2D eigenvalue weighted by Crippen LogP contribution is 2.39. The van der Waals surface area contributed by atoms with E-state index in [1.807, 2.05) is 0 Å². The van der Waals surface area contributed by atoms with Gasteiger partial charge in [0.1, 0.15) is 5.82 Å². The third-order valence-corrected chi connectivity index (χ3v) is 6.00. The predicted octanol–water partition coefficient (Wildman–Crippen LogP) is 5.53. The molecule has 180 valence electrons. The minimum absolute atomic E-state index is 0.00189. The number of amides is 1. The molecular formula is C23H23F7N2O. The summed E-state index contributed by atoms with van der Waals surface area (Å²) in [5.41, 5.74) is -2.95. The lowest BCUT2D eigenvalue weighted by Crippen LogP contribution is -2.43. The van der Waals surface area contributed by atoms with Crippen LogP contribution < -0.4 is 5.32 Å². The molecule has 1 aliphatic heterocycles. The molecule has 1 fully saturated rings. The Labute approximate surface area is 186 Å². The van der Waals surface area contributed by atoms with Crippen molar-refractivity contribution in [3.63, 3.8) is 0 Å². The second-order valence-corrected chi connectivity index (χ2v) is 8.38. The van der Waals surface area contributed by atoms with Crippen molar-refractivity contribution in [1.82, 2.24) is 10.2 Å². The van der Waals surface area contributed by atoms with Gasteiger partial charge in [-0.2, -0.15) is 26.3 Å². The van der Waals surface area contributed by atoms with E-state index in [0.29, 0.717) is 38.1 Å². The van der Waals surface area contributed by atoms with Gasteiger partial charge in [-0.05, 0) is 67.4 Å². The molecule has 2 aromatic rings. The molecule has 1 aliphatic rings. The standard InChI is InChI=1S/C23H23F7N2O/c1-32(14-15-10-17(22(25,26)27)12-18(11-15)23(28,29)30)20(33)13-21(6-8-31-9-7-21)16-2-4-19(24)5-3-16/h2-5,10-12,31H,6-9,13-14H2,1H3. The molecule has 0 spiro atoms. The van der Waals surface area contributed by atoms with Gasteiger partial charge in [-0.15, -0.1) is 0 Å². The number of hydrogen-bond acceptors (Lipinski definition) is 2. The summed E-state index contributed by atoms with van der Waals surface area (Å²) in [7, 11) is 1.34. The zero-order valence-corrected chi connectivity index (χ0v) is 17.8. The van der Waals surface area contributed by atoms with Crippen LogP contribution in [0.5, 0.6) is 0 Å². The Hall–Kier alpha value is -2.62. The monoisotopic (exact) mass is 476 g/mol. The van der Waals surface area contributed by atoms with Crippen LogP contribution in [-0.4, -0.2) is 30.9 Å². The number of piperidine rings is 1. The van der Waals surface area contributed by atoms with Crippen LogP contribution >= 0.6 is 0 Å². The Morgan fingerprint density at radius 2 is 1.45 bits per heavy atom. The lowest BCUT2D eigenvalue weighted by molar-refractivity contribution is -0.143. The van der Waals surface area contributed by atoms with Gasteiger partial charge < -0.3 is 10.2 Å². The molecule has 0 aliphatic carbocycles. The molecule has 0 saturated carbocycles. The molecule has 0 atom stereocenters. The Morgan fingerprint density at radius 1 is 0.939 bits per heavy atom. The number of benzene rings is 2. The summed E-state index contributed by atoms with van der Waals surface area (Å²) in [5.74, 6) is -0.844. The molecule has 10 heteroatoms. The van der Waals surface area contributed by atoms with Crippen LogP contribution in [0.2, 0.25) is 0 Å². The number of carbonyl (C=O) groups excluding carboxylic acids is 1. The molecule has 2 aromatic carbocycles. The molecule has 1 heterocycles. The summed E-state index contributed by atoms with van der Waals surface area (Å²) in [6.45, 7) is 0.831. The van der Waals surface area contributed by atoms with Crippen LogP contribution in [0.25, 0.3) is 0 Å². The molecule has 0 aromatic heterocycles. The predicted molar refractivity (Wildman–Crippen MR) is 108 cm³/mol. The normalized spacial score (nSPS) is 16.5. The molecular weight excluding hydrogens is 453 g/mol. The van der Waals surface area contributed by atoms with E-state index in [4.69, 9.17) is 0 Å². The van der Waals surface area contributed by atoms with Gasteiger partial charge >= 0.3 is 12.4 Å². The summed E-state index contributed by atoms with van der Waals surface area (Å²) in [4.78, 5) is 14.1. The van der Waals surface area contributed by atoms with E-state index >= 15 is 0 Å². The quantitative estimate of drug-likeness (QED) is 0.576. The maximum absolute atomic E-state index is 13.4. The van der Waals surface area contributed by atoms with E-state index in [9.17, 15) is 35.5 Å². The lowest BCUT2D eigenvalue weighted by atomic mass is 9.70. The van der Waals surface area contributed by atoms with Gasteiger partial charge in [-0.1, -0.05) is 12.1 Å². The first-order valence-corrected chi connectivity index (χ1v) is 10.3. The van der Waals surface area contributed by atoms with Crippen molar-refractivity contribution in [3.8, 4) is 0 Å². The number of nitrogens with one attached hydrogen (secondary N) is 1. The van der Waals surface area contributed by atoms with Crippen molar-refractivity contribution < 1.29 is 35.5 Å². The van der Waals surface area contributed by atoms with E-state index in [2.05, 4.69) is 5.32 Å². The van der Waals surface area contributed by atoms with Crippen LogP contribution in [0.15, 0.2) is 42.5 Å². The summed E-state index contributed by atoms with van der Waals surface area (Å²) in [6.07, 6.45) is -8.75. The summed E-state index contributed by atoms with van der Waals surface area (Å²) >= 11 is 0. The average molecular weight is 476 g/mol. The maximum atomic E-state index is 13.4. The number of nitrogens with zero attached hydrogens (tertiary/aromatic N) is 1. The Balaban J connectivity index is 1.84. The van der Waals surface area contributed by atoms with E-state index in [-0.39, 0.29) is 18.1 Å². The van der Waals surface area contributed by atoms with Gasteiger partial charge in [0.15, 0.2) is 0 Å². The third kappa shape index (κ3) is 6.04. The summed E-state index contributed by atoms with van der Waals surface area (Å²) in [5, 5.41) is 3.19. The van der Waals surface area contributed by atoms with Crippen LogP contribution in [-0.2, 0) is 29.1 Å². The van der Waals surface area contributed by atoms with Gasteiger partial charge in [0.2, 0.25) is 5.91 Å². The lowest BCUT2D eigenvalue weighted by Gasteiger charge is -2.39. The van der Waals surface area contributed by atoms with Crippen molar-refractivity contribution in [2.45, 2.75) is 43.6 Å². The maximum Gasteiger partial charge on any atom is 0.416 e. The van der Waals surface area contributed by atoms with Gasteiger partial charge in [-0.3, -0.25) is 4.79 Å². The topological polar surface area (TPSA) is 32.3 Å². The second kappa shape index (κ2) is 9.32. The number of halogens is 7. The molecule has 1 N–H and O–H groups in total. The van der Waals surface area contributed by atoms with Crippen molar-refractivity contribution >= 4 is 5.91 Å². The fourth-order valence-electron chi connectivity index (χ4n) is 4.17. The number of rotatable bonds is 5. The van der Waals surface area contributed by atoms with Crippen LogP contribution in [0, 0.1) is 5.82 Å². The van der Waals surface area contributed by atoms with Gasteiger partial charge in [0, 0.05) is 25.4 Å². The van der Waals surface area contributed by atoms with Crippen molar-refractivity contribution in [2.75, 3.05) is 20.1 Å².